The number of hydrogen-bond acceptors (Lipinski definition) is 4. The highest BCUT2D eigenvalue weighted by molar-refractivity contribution is 9.10. The molecule has 2 aromatic carbocycles. The van der Waals surface area contributed by atoms with Crippen LogP contribution in [0, 0.1) is 5.82 Å². The number of amides is 1. The van der Waals surface area contributed by atoms with Gasteiger partial charge < -0.3 is 14.8 Å². The van der Waals surface area contributed by atoms with Gasteiger partial charge >= 0.3 is 5.97 Å². The number of ether oxygens (including phenoxy) is 2. The lowest BCUT2D eigenvalue weighted by Crippen LogP contribution is -2.32. The van der Waals surface area contributed by atoms with Gasteiger partial charge in [0, 0.05) is 11.0 Å². The standard InChI is InChI=1S/C18H17BrFNO4/c1-12(25-16-8-4-14(19)5-9-16)18(23)24-11-17(22)21-10-13-2-6-15(20)7-3-13/h2-9,12H,10-11H2,1H3,(H,21,22)/t12-/m0/s1. The van der Waals surface area contributed by atoms with E-state index in [0.717, 1.165) is 10.0 Å². The van der Waals surface area contributed by atoms with Crippen LogP contribution in [0.5, 0.6) is 5.75 Å². The third-order valence-electron chi connectivity index (χ3n) is 3.21. The second-order valence-corrected chi connectivity index (χ2v) is 6.14. The van der Waals surface area contributed by atoms with Crippen molar-refractivity contribution in [1.29, 1.82) is 0 Å². The first-order chi connectivity index (χ1) is 11.9. The number of rotatable bonds is 7. The molecule has 0 spiro atoms. The van der Waals surface area contributed by atoms with Gasteiger partial charge in [0.2, 0.25) is 0 Å². The summed E-state index contributed by atoms with van der Waals surface area (Å²) in [5.74, 6) is -0.912. The molecule has 1 atom stereocenters. The van der Waals surface area contributed by atoms with E-state index in [0.29, 0.717) is 5.75 Å². The molecule has 2 rings (SSSR count). The quantitative estimate of drug-likeness (QED) is 0.713. The highest BCUT2D eigenvalue weighted by atomic mass is 79.9. The average Bonchev–Trinajstić information content (AvgIpc) is 2.61. The summed E-state index contributed by atoms with van der Waals surface area (Å²) in [6, 6.07) is 12.7. The molecule has 1 amide bonds. The van der Waals surface area contributed by atoms with Crippen LogP contribution in [-0.4, -0.2) is 24.6 Å². The molecule has 0 aliphatic carbocycles. The normalized spacial score (nSPS) is 11.5. The molecule has 0 heterocycles. The maximum absolute atomic E-state index is 12.8. The first-order valence-electron chi connectivity index (χ1n) is 7.54. The Balaban J connectivity index is 1.71. The Labute approximate surface area is 153 Å². The summed E-state index contributed by atoms with van der Waals surface area (Å²) in [4.78, 5) is 23.6. The van der Waals surface area contributed by atoms with Crippen LogP contribution in [0.15, 0.2) is 53.0 Å². The molecule has 2 aromatic rings. The Morgan fingerprint density at radius 2 is 1.76 bits per heavy atom. The minimum Gasteiger partial charge on any atom is -0.479 e. The lowest BCUT2D eigenvalue weighted by Gasteiger charge is -2.14. The van der Waals surface area contributed by atoms with Crippen LogP contribution in [0.25, 0.3) is 0 Å². The van der Waals surface area contributed by atoms with Gasteiger partial charge in [0.1, 0.15) is 11.6 Å². The van der Waals surface area contributed by atoms with Crippen molar-refractivity contribution in [2.45, 2.75) is 19.6 Å². The van der Waals surface area contributed by atoms with Crippen LogP contribution in [0.4, 0.5) is 4.39 Å². The topological polar surface area (TPSA) is 64.6 Å². The highest BCUT2D eigenvalue weighted by Crippen LogP contribution is 2.17. The molecule has 0 aliphatic rings. The van der Waals surface area contributed by atoms with Crippen molar-refractivity contribution in [3.63, 3.8) is 0 Å². The van der Waals surface area contributed by atoms with Crippen molar-refractivity contribution in [2.75, 3.05) is 6.61 Å². The predicted octanol–water partition coefficient (Wildman–Crippen LogP) is 3.22. The Morgan fingerprint density at radius 1 is 1.12 bits per heavy atom. The van der Waals surface area contributed by atoms with Gasteiger partial charge in [0.05, 0.1) is 0 Å². The molecule has 0 aromatic heterocycles. The minimum atomic E-state index is -0.842. The van der Waals surface area contributed by atoms with Gasteiger partial charge in [-0.3, -0.25) is 4.79 Å². The fourth-order valence-corrected chi connectivity index (χ4v) is 2.14. The second kappa shape index (κ2) is 9.17. The van der Waals surface area contributed by atoms with Gasteiger partial charge in [0.15, 0.2) is 12.7 Å². The minimum absolute atomic E-state index is 0.224. The van der Waals surface area contributed by atoms with Crippen molar-refractivity contribution in [2.24, 2.45) is 0 Å². The molecule has 0 bridgehead atoms. The zero-order chi connectivity index (χ0) is 18.2. The van der Waals surface area contributed by atoms with Crippen LogP contribution in [0.1, 0.15) is 12.5 Å². The lowest BCUT2D eigenvalue weighted by atomic mass is 10.2. The van der Waals surface area contributed by atoms with Crippen LogP contribution in [-0.2, 0) is 20.9 Å². The number of carbonyl (C=O) groups is 2. The average molecular weight is 410 g/mol. The maximum atomic E-state index is 12.8. The number of halogens is 2. The van der Waals surface area contributed by atoms with Gasteiger partial charge in [-0.1, -0.05) is 28.1 Å². The van der Waals surface area contributed by atoms with E-state index in [9.17, 15) is 14.0 Å². The Hall–Kier alpha value is -2.41. The molecule has 0 saturated heterocycles. The molecule has 1 N–H and O–H groups in total. The van der Waals surface area contributed by atoms with E-state index in [1.54, 1.807) is 43.3 Å². The predicted molar refractivity (Wildman–Crippen MR) is 93.4 cm³/mol. The van der Waals surface area contributed by atoms with Crippen LogP contribution in [0.3, 0.4) is 0 Å². The van der Waals surface area contributed by atoms with Crippen LogP contribution in [0.2, 0.25) is 0 Å². The van der Waals surface area contributed by atoms with Crippen molar-refractivity contribution in [3.8, 4) is 5.75 Å². The molecular formula is C18H17BrFNO4. The molecule has 0 aliphatic heterocycles. The van der Waals surface area contributed by atoms with Gasteiger partial charge in [-0.2, -0.15) is 0 Å². The van der Waals surface area contributed by atoms with E-state index in [-0.39, 0.29) is 12.4 Å². The zero-order valence-corrected chi connectivity index (χ0v) is 15.1. The van der Waals surface area contributed by atoms with Crippen LogP contribution >= 0.6 is 15.9 Å². The number of carbonyl (C=O) groups excluding carboxylic acids is 2. The Bertz CT molecular complexity index is 719. The number of hydrogen-bond donors (Lipinski definition) is 1. The number of esters is 1. The van der Waals surface area contributed by atoms with E-state index < -0.39 is 24.6 Å². The summed E-state index contributed by atoms with van der Waals surface area (Å²) < 4.78 is 24.0. The summed E-state index contributed by atoms with van der Waals surface area (Å²) >= 11 is 3.31. The fourth-order valence-electron chi connectivity index (χ4n) is 1.87. The van der Waals surface area contributed by atoms with Crippen LogP contribution < -0.4 is 10.1 Å². The smallest absolute Gasteiger partial charge is 0.347 e. The largest absolute Gasteiger partial charge is 0.479 e. The van der Waals surface area contributed by atoms with E-state index in [2.05, 4.69) is 21.2 Å². The van der Waals surface area contributed by atoms with Gasteiger partial charge in [0.25, 0.3) is 5.91 Å². The van der Waals surface area contributed by atoms with Crippen molar-refractivity contribution < 1.29 is 23.5 Å². The van der Waals surface area contributed by atoms with E-state index in [1.807, 2.05) is 0 Å². The fraction of sp³-hybridized carbons (Fsp3) is 0.222. The molecule has 7 heteroatoms. The third kappa shape index (κ3) is 6.54. The summed E-state index contributed by atoms with van der Waals surface area (Å²) in [5, 5.41) is 2.58. The van der Waals surface area contributed by atoms with Crippen molar-refractivity contribution in [1.82, 2.24) is 5.32 Å². The highest BCUT2D eigenvalue weighted by Gasteiger charge is 2.17. The SMILES string of the molecule is C[C@H](Oc1ccc(Br)cc1)C(=O)OCC(=O)NCc1ccc(F)cc1. The van der Waals surface area contributed by atoms with Gasteiger partial charge in [-0.15, -0.1) is 0 Å². The lowest BCUT2D eigenvalue weighted by molar-refractivity contribution is -0.154. The number of benzene rings is 2. The number of nitrogens with one attached hydrogen (secondary N) is 1. The third-order valence-corrected chi connectivity index (χ3v) is 3.74. The van der Waals surface area contributed by atoms with Gasteiger partial charge in [-0.05, 0) is 48.9 Å². The monoisotopic (exact) mass is 409 g/mol. The summed E-state index contributed by atoms with van der Waals surface area (Å²) in [7, 11) is 0. The molecule has 5 nitrogen and oxygen atoms in total. The molecule has 0 unspecified atom stereocenters. The summed E-state index contributed by atoms with van der Waals surface area (Å²) in [6.07, 6.45) is -0.842. The molecule has 0 radical (unpaired) electrons. The molecule has 25 heavy (non-hydrogen) atoms. The van der Waals surface area contributed by atoms with Crippen molar-refractivity contribution in [3.05, 3.63) is 64.4 Å². The van der Waals surface area contributed by atoms with Crippen molar-refractivity contribution >= 4 is 27.8 Å². The van der Waals surface area contributed by atoms with E-state index >= 15 is 0 Å². The van der Waals surface area contributed by atoms with E-state index in [4.69, 9.17) is 9.47 Å². The Kier molecular flexibility index (Phi) is 6.94. The van der Waals surface area contributed by atoms with Gasteiger partial charge in [-0.25, -0.2) is 9.18 Å². The molecule has 0 saturated carbocycles. The molecule has 0 fully saturated rings. The molecular weight excluding hydrogens is 393 g/mol. The Morgan fingerprint density at radius 3 is 2.40 bits per heavy atom. The molecule has 132 valence electrons. The maximum Gasteiger partial charge on any atom is 0.347 e. The zero-order valence-electron chi connectivity index (χ0n) is 13.5. The summed E-state index contributed by atoms with van der Waals surface area (Å²) in [6.45, 7) is 1.36. The first-order valence-corrected chi connectivity index (χ1v) is 8.33. The first kappa shape index (κ1) is 18.9. The summed E-state index contributed by atoms with van der Waals surface area (Å²) in [5.41, 5.74) is 0.744. The van der Waals surface area contributed by atoms with E-state index in [1.165, 1.54) is 12.1 Å². The second-order valence-electron chi connectivity index (χ2n) is 5.22.